The fraction of sp³-hybridized carbons (Fsp3) is 0.444. The first-order valence-electron chi connectivity index (χ1n) is 8.05. The van der Waals surface area contributed by atoms with Gasteiger partial charge in [-0.25, -0.2) is 4.98 Å². The molecule has 1 aromatic carbocycles. The molecule has 0 unspecified atom stereocenters. The molecule has 0 aliphatic heterocycles. The van der Waals surface area contributed by atoms with Gasteiger partial charge in [0.1, 0.15) is 0 Å². The second-order valence-electron chi connectivity index (χ2n) is 6.15. The maximum absolute atomic E-state index is 11.7. The van der Waals surface area contributed by atoms with Crippen LogP contribution >= 0.6 is 11.3 Å². The quantitative estimate of drug-likeness (QED) is 0.789. The Hall–Kier alpha value is -1.92. The third-order valence-corrected chi connectivity index (χ3v) is 4.44. The number of aryl methyl sites for hydroxylation is 1. The third kappa shape index (κ3) is 4.79. The van der Waals surface area contributed by atoms with Crippen molar-refractivity contribution in [3.8, 4) is 11.3 Å². The van der Waals surface area contributed by atoms with Gasteiger partial charge in [-0.1, -0.05) is 26.0 Å². The number of hydrogen-bond donors (Lipinski definition) is 2. The van der Waals surface area contributed by atoms with E-state index >= 15 is 0 Å². The molecule has 5 nitrogen and oxygen atoms in total. The van der Waals surface area contributed by atoms with Crippen molar-refractivity contribution in [2.75, 3.05) is 24.4 Å². The lowest BCUT2D eigenvalue weighted by Crippen LogP contribution is -2.20. The number of methoxy groups -OCH3 is 1. The van der Waals surface area contributed by atoms with Crippen LogP contribution in [0.4, 0.5) is 10.8 Å². The predicted octanol–water partition coefficient (Wildman–Crippen LogP) is 4.16. The van der Waals surface area contributed by atoms with Crippen molar-refractivity contribution in [1.29, 1.82) is 0 Å². The molecule has 0 radical (unpaired) electrons. The van der Waals surface area contributed by atoms with E-state index in [2.05, 4.69) is 29.5 Å². The Kier molecular flexibility index (Phi) is 6.34. The molecule has 1 aromatic heterocycles. The maximum Gasteiger partial charge on any atom is 0.226 e. The van der Waals surface area contributed by atoms with Crippen molar-refractivity contribution >= 4 is 28.1 Å². The summed E-state index contributed by atoms with van der Waals surface area (Å²) < 4.78 is 5.14. The fourth-order valence-electron chi connectivity index (χ4n) is 2.23. The molecule has 1 atom stereocenters. The summed E-state index contributed by atoms with van der Waals surface area (Å²) in [6.07, 6.45) is 0. The van der Waals surface area contributed by atoms with E-state index in [0.29, 0.717) is 6.61 Å². The Morgan fingerprint density at radius 3 is 2.50 bits per heavy atom. The summed E-state index contributed by atoms with van der Waals surface area (Å²) in [7, 11) is 1.69. The highest BCUT2D eigenvalue weighted by Gasteiger charge is 2.12. The fourth-order valence-corrected chi connectivity index (χ4v) is 3.17. The molecule has 0 saturated heterocycles. The van der Waals surface area contributed by atoms with Crippen molar-refractivity contribution < 1.29 is 9.53 Å². The van der Waals surface area contributed by atoms with E-state index in [-0.39, 0.29) is 17.9 Å². The zero-order valence-electron chi connectivity index (χ0n) is 14.8. The molecule has 2 rings (SSSR count). The van der Waals surface area contributed by atoms with Gasteiger partial charge >= 0.3 is 0 Å². The number of amides is 1. The average molecular weight is 347 g/mol. The van der Waals surface area contributed by atoms with Crippen LogP contribution in [0.25, 0.3) is 11.3 Å². The van der Waals surface area contributed by atoms with E-state index < -0.39 is 0 Å². The lowest BCUT2D eigenvalue weighted by molar-refractivity contribution is -0.118. The van der Waals surface area contributed by atoms with Gasteiger partial charge in [0.05, 0.1) is 12.3 Å². The first-order valence-corrected chi connectivity index (χ1v) is 8.86. The van der Waals surface area contributed by atoms with Gasteiger partial charge in [-0.3, -0.25) is 4.79 Å². The number of nitrogens with zero attached hydrogens (tertiary/aromatic N) is 1. The highest BCUT2D eigenvalue weighted by atomic mass is 32.1. The van der Waals surface area contributed by atoms with E-state index in [1.165, 1.54) is 0 Å². The number of carbonyl (C=O) groups excluding carboxylic acids is 1. The van der Waals surface area contributed by atoms with Crippen LogP contribution in [0, 0.1) is 12.8 Å². The van der Waals surface area contributed by atoms with E-state index in [4.69, 9.17) is 4.74 Å². The number of hydrogen-bond acceptors (Lipinski definition) is 5. The topological polar surface area (TPSA) is 63.2 Å². The lowest BCUT2D eigenvalue weighted by Gasteiger charge is -2.10. The molecule has 6 heteroatoms. The number of carbonyl (C=O) groups is 1. The molecule has 130 valence electrons. The van der Waals surface area contributed by atoms with Gasteiger partial charge in [-0.15, -0.1) is 11.3 Å². The molecular weight excluding hydrogens is 322 g/mol. The van der Waals surface area contributed by atoms with Gasteiger partial charge < -0.3 is 15.4 Å². The minimum Gasteiger partial charge on any atom is -0.383 e. The van der Waals surface area contributed by atoms with Crippen LogP contribution in [-0.2, 0) is 9.53 Å². The third-order valence-electron chi connectivity index (χ3n) is 3.53. The number of benzene rings is 1. The average Bonchev–Trinajstić information content (AvgIpc) is 2.88. The van der Waals surface area contributed by atoms with E-state index in [1.54, 1.807) is 18.4 Å². The first kappa shape index (κ1) is 18.4. The van der Waals surface area contributed by atoms with Crippen LogP contribution in [0.1, 0.15) is 25.6 Å². The SMILES string of the molecule is COC[C@H](C)Nc1nc(-c2ccc(NC(=O)C(C)C)cc2)c(C)s1. The normalized spacial score (nSPS) is 12.2. The Bertz CT molecular complexity index is 680. The Labute approximate surface area is 147 Å². The molecule has 0 spiro atoms. The Morgan fingerprint density at radius 2 is 1.92 bits per heavy atom. The predicted molar refractivity (Wildman–Crippen MR) is 101 cm³/mol. The monoisotopic (exact) mass is 347 g/mol. The standard InChI is InChI=1S/C18H25N3O2S/c1-11(2)17(22)20-15-8-6-14(7-9-15)16-13(4)24-18(21-16)19-12(3)10-23-5/h6-9,11-12H,10H2,1-5H3,(H,19,21)(H,20,22)/t12-/m0/s1. The summed E-state index contributed by atoms with van der Waals surface area (Å²) in [4.78, 5) is 17.6. The van der Waals surface area contributed by atoms with Crippen LogP contribution in [-0.4, -0.2) is 30.6 Å². The minimum atomic E-state index is -0.0341. The van der Waals surface area contributed by atoms with Crippen molar-refractivity contribution in [3.05, 3.63) is 29.1 Å². The summed E-state index contributed by atoms with van der Waals surface area (Å²) in [5.41, 5.74) is 2.81. The minimum absolute atomic E-state index is 0.0196. The van der Waals surface area contributed by atoms with Crippen LogP contribution < -0.4 is 10.6 Å². The molecule has 0 bridgehead atoms. The highest BCUT2D eigenvalue weighted by molar-refractivity contribution is 7.16. The number of nitrogens with one attached hydrogen (secondary N) is 2. The molecule has 0 fully saturated rings. The summed E-state index contributed by atoms with van der Waals surface area (Å²) in [6.45, 7) is 8.51. The van der Waals surface area contributed by atoms with Crippen molar-refractivity contribution in [2.24, 2.45) is 5.92 Å². The van der Waals surface area contributed by atoms with Crippen LogP contribution in [0.15, 0.2) is 24.3 Å². The van der Waals surface area contributed by atoms with Crippen LogP contribution in [0.2, 0.25) is 0 Å². The summed E-state index contributed by atoms with van der Waals surface area (Å²) in [6, 6.07) is 8.01. The van der Waals surface area contributed by atoms with Gasteiger partial charge in [0.2, 0.25) is 5.91 Å². The summed E-state index contributed by atoms with van der Waals surface area (Å²) in [5.74, 6) is -0.0145. The van der Waals surface area contributed by atoms with Gasteiger partial charge in [-0.2, -0.15) is 0 Å². The maximum atomic E-state index is 11.7. The zero-order valence-corrected chi connectivity index (χ0v) is 15.7. The van der Waals surface area contributed by atoms with Gasteiger partial charge in [-0.05, 0) is 26.0 Å². The van der Waals surface area contributed by atoms with Gasteiger partial charge in [0.15, 0.2) is 5.13 Å². The molecule has 1 heterocycles. The van der Waals surface area contributed by atoms with Crippen molar-refractivity contribution in [1.82, 2.24) is 4.98 Å². The molecule has 0 aliphatic carbocycles. The molecule has 0 aliphatic rings. The molecule has 2 N–H and O–H groups in total. The van der Waals surface area contributed by atoms with E-state index in [0.717, 1.165) is 27.0 Å². The van der Waals surface area contributed by atoms with Gasteiger partial charge in [0.25, 0.3) is 0 Å². The number of rotatable bonds is 7. The van der Waals surface area contributed by atoms with E-state index in [9.17, 15) is 4.79 Å². The smallest absolute Gasteiger partial charge is 0.226 e. The summed E-state index contributed by atoms with van der Waals surface area (Å²) >= 11 is 1.63. The Balaban J connectivity index is 2.11. The molecule has 2 aromatic rings. The number of anilines is 2. The van der Waals surface area contributed by atoms with Crippen molar-refractivity contribution in [3.63, 3.8) is 0 Å². The van der Waals surface area contributed by atoms with Crippen LogP contribution in [0.5, 0.6) is 0 Å². The van der Waals surface area contributed by atoms with Gasteiger partial charge in [0, 0.05) is 35.2 Å². The highest BCUT2D eigenvalue weighted by Crippen LogP contribution is 2.31. The largest absolute Gasteiger partial charge is 0.383 e. The number of aromatic nitrogens is 1. The molecule has 0 saturated carbocycles. The second-order valence-corrected chi connectivity index (χ2v) is 7.35. The second kappa shape index (κ2) is 8.26. The van der Waals surface area contributed by atoms with Crippen molar-refractivity contribution in [2.45, 2.75) is 33.7 Å². The molecule has 24 heavy (non-hydrogen) atoms. The molecule has 1 amide bonds. The molecular formula is C18H25N3O2S. The Morgan fingerprint density at radius 1 is 1.25 bits per heavy atom. The first-order chi connectivity index (χ1) is 11.4. The lowest BCUT2D eigenvalue weighted by atomic mass is 10.1. The van der Waals surface area contributed by atoms with E-state index in [1.807, 2.05) is 38.1 Å². The van der Waals surface area contributed by atoms with Crippen LogP contribution in [0.3, 0.4) is 0 Å². The number of ether oxygens (including phenoxy) is 1. The summed E-state index contributed by atoms with van der Waals surface area (Å²) in [5, 5.41) is 7.14. The number of thiazole rings is 1. The zero-order chi connectivity index (χ0) is 17.7.